The van der Waals surface area contributed by atoms with Crippen LogP contribution in [-0.2, 0) is 0 Å². The van der Waals surface area contributed by atoms with E-state index >= 15 is 0 Å². The Morgan fingerprint density at radius 3 is 2.48 bits per heavy atom. The maximum Gasteiger partial charge on any atom is 0.287 e. The maximum absolute atomic E-state index is 12.2. The number of hydrogen-bond donors (Lipinski definition) is 3. The van der Waals surface area contributed by atoms with Crippen LogP contribution in [-0.4, -0.2) is 23.2 Å². The monoisotopic (exact) mass is 334 g/mol. The second kappa shape index (κ2) is 7.35. The molecule has 0 aliphatic carbocycles. The molecule has 0 fully saturated rings. The Morgan fingerprint density at radius 2 is 1.80 bits per heavy atom. The largest absolute Gasteiger partial charge is 0.497 e. The van der Waals surface area contributed by atoms with E-state index in [2.05, 4.69) is 27.6 Å². The summed E-state index contributed by atoms with van der Waals surface area (Å²) in [6.45, 7) is 3.91. The van der Waals surface area contributed by atoms with Crippen molar-refractivity contribution in [2.75, 3.05) is 7.11 Å². The van der Waals surface area contributed by atoms with Gasteiger partial charge in [0.2, 0.25) is 0 Å². The molecule has 1 aromatic heterocycles. The lowest BCUT2D eigenvalue weighted by molar-refractivity contribution is 0.0937. The van der Waals surface area contributed by atoms with E-state index in [0.29, 0.717) is 17.1 Å². The summed E-state index contributed by atoms with van der Waals surface area (Å²) in [6.07, 6.45) is 0. The van der Waals surface area contributed by atoms with Crippen molar-refractivity contribution < 1.29 is 9.53 Å². The number of nitrogens with zero attached hydrogens (tertiary/aromatic N) is 1. The van der Waals surface area contributed by atoms with Crippen LogP contribution >= 0.6 is 0 Å². The zero-order valence-corrected chi connectivity index (χ0v) is 13.7. The van der Waals surface area contributed by atoms with Gasteiger partial charge >= 0.3 is 0 Å². The van der Waals surface area contributed by atoms with Crippen molar-refractivity contribution in [3.8, 4) is 17.0 Å². The van der Waals surface area contributed by atoms with Gasteiger partial charge < -0.3 is 4.74 Å². The summed E-state index contributed by atoms with van der Waals surface area (Å²) in [5.74, 6) is 0.427. The summed E-state index contributed by atoms with van der Waals surface area (Å²) in [5.41, 5.74) is 8.81. The average Bonchev–Trinajstić information content (AvgIpc) is 3.17. The highest BCUT2D eigenvalue weighted by molar-refractivity contribution is 5.93. The number of aromatic nitrogens is 2. The van der Waals surface area contributed by atoms with Gasteiger partial charge in [0.1, 0.15) is 11.4 Å². The molecule has 0 unspecified atom stereocenters. The number of H-pyrrole nitrogens is 1. The molecule has 1 amide bonds. The fourth-order valence-electron chi connectivity index (χ4n) is 2.26. The van der Waals surface area contributed by atoms with Crippen LogP contribution in [0.25, 0.3) is 17.0 Å². The number of hydrogen-bond acceptors (Lipinski definition) is 4. The first-order chi connectivity index (χ1) is 12.2. The predicted molar refractivity (Wildman–Crippen MR) is 96.7 cm³/mol. The number of rotatable bonds is 6. The average molecular weight is 334 g/mol. The summed E-state index contributed by atoms with van der Waals surface area (Å²) in [4.78, 5) is 12.2. The molecule has 2 aromatic carbocycles. The molecule has 6 heteroatoms. The third-order valence-electron chi connectivity index (χ3n) is 3.66. The Hall–Kier alpha value is -3.54. The van der Waals surface area contributed by atoms with E-state index in [1.807, 2.05) is 54.6 Å². The van der Waals surface area contributed by atoms with E-state index in [0.717, 1.165) is 16.9 Å². The van der Waals surface area contributed by atoms with E-state index in [1.54, 1.807) is 13.2 Å². The van der Waals surface area contributed by atoms with Gasteiger partial charge in [-0.15, -0.1) is 0 Å². The standard InChI is InChI=1S/C19H18N4O2/c1-13(14-8-10-16(25-2)11-9-14)20-23-19(24)18-12-17(21-22-18)15-6-4-3-5-7-15/h3-12,20H,1H2,2H3,(H,21,22)(H,23,24). The van der Waals surface area contributed by atoms with Gasteiger partial charge in [0.15, 0.2) is 0 Å². The van der Waals surface area contributed by atoms with E-state index in [4.69, 9.17) is 4.74 Å². The molecule has 3 aromatic rings. The van der Waals surface area contributed by atoms with Crippen LogP contribution < -0.4 is 15.6 Å². The van der Waals surface area contributed by atoms with Gasteiger partial charge in [0.25, 0.3) is 5.91 Å². The lowest BCUT2D eigenvalue weighted by Crippen LogP contribution is -2.36. The molecule has 0 spiro atoms. The van der Waals surface area contributed by atoms with E-state index in [1.165, 1.54) is 0 Å². The molecule has 0 aliphatic heterocycles. The Kier molecular flexibility index (Phi) is 4.80. The molecule has 0 radical (unpaired) electrons. The maximum atomic E-state index is 12.2. The highest BCUT2D eigenvalue weighted by atomic mass is 16.5. The number of aromatic amines is 1. The summed E-state index contributed by atoms with van der Waals surface area (Å²) in [7, 11) is 1.61. The summed E-state index contributed by atoms with van der Waals surface area (Å²) in [6, 6.07) is 18.7. The molecule has 25 heavy (non-hydrogen) atoms. The molecular formula is C19H18N4O2. The quantitative estimate of drug-likeness (QED) is 0.606. The molecule has 0 saturated carbocycles. The fourth-order valence-corrected chi connectivity index (χ4v) is 2.26. The van der Waals surface area contributed by atoms with Crippen LogP contribution in [0.5, 0.6) is 5.75 Å². The minimum absolute atomic E-state index is 0.329. The van der Waals surface area contributed by atoms with Gasteiger partial charge in [-0.1, -0.05) is 36.9 Å². The van der Waals surface area contributed by atoms with Crippen LogP contribution in [0.4, 0.5) is 0 Å². The second-order valence-corrected chi connectivity index (χ2v) is 5.32. The summed E-state index contributed by atoms with van der Waals surface area (Å²) >= 11 is 0. The number of carbonyl (C=O) groups is 1. The third-order valence-corrected chi connectivity index (χ3v) is 3.66. The van der Waals surface area contributed by atoms with Gasteiger partial charge in [0.05, 0.1) is 18.5 Å². The lowest BCUT2D eigenvalue weighted by Gasteiger charge is -2.11. The summed E-state index contributed by atoms with van der Waals surface area (Å²) < 4.78 is 5.11. The van der Waals surface area contributed by atoms with E-state index in [-0.39, 0.29) is 5.91 Å². The van der Waals surface area contributed by atoms with Crippen molar-refractivity contribution in [3.63, 3.8) is 0 Å². The van der Waals surface area contributed by atoms with Crippen molar-refractivity contribution in [2.45, 2.75) is 0 Å². The normalized spacial score (nSPS) is 10.1. The first-order valence-corrected chi connectivity index (χ1v) is 7.68. The number of amides is 1. The third kappa shape index (κ3) is 3.87. The van der Waals surface area contributed by atoms with Gasteiger partial charge in [-0.3, -0.25) is 20.7 Å². The molecule has 3 N–H and O–H groups in total. The molecule has 0 aliphatic rings. The van der Waals surface area contributed by atoms with Crippen molar-refractivity contribution in [1.82, 2.24) is 21.0 Å². The second-order valence-electron chi connectivity index (χ2n) is 5.32. The Labute approximate surface area is 145 Å². The Balaban J connectivity index is 1.60. The molecule has 0 bridgehead atoms. The lowest BCUT2D eigenvalue weighted by atomic mass is 10.1. The molecule has 1 heterocycles. The van der Waals surface area contributed by atoms with Gasteiger partial charge in [-0.05, 0) is 35.9 Å². The minimum atomic E-state index is -0.329. The zero-order chi connectivity index (χ0) is 17.6. The smallest absolute Gasteiger partial charge is 0.287 e. The van der Waals surface area contributed by atoms with Crippen LogP contribution in [0.2, 0.25) is 0 Å². The number of carbonyl (C=O) groups excluding carboxylic acids is 1. The van der Waals surface area contributed by atoms with Gasteiger partial charge in [-0.25, -0.2) is 0 Å². The zero-order valence-electron chi connectivity index (χ0n) is 13.7. The van der Waals surface area contributed by atoms with Crippen molar-refractivity contribution >= 4 is 11.6 Å². The van der Waals surface area contributed by atoms with Crippen molar-refractivity contribution in [2.24, 2.45) is 0 Å². The molecule has 0 saturated heterocycles. The van der Waals surface area contributed by atoms with Crippen LogP contribution in [0.3, 0.4) is 0 Å². The van der Waals surface area contributed by atoms with Crippen LogP contribution in [0, 0.1) is 0 Å². The van der Waals surface area contributed by atoms with Gasteiger partial charge in [0, 0.05) is 5.56 Å². The van der Waals surface area contributed by atoms with Crippen molar-refractivity contribution in [3.05, 3.63) is 78.5 Å². The number of benzene rings is 2. The molecular weight excluding hydrogens is 316 g/mol. The first-order valence-electron chi connectivity index (χ1n) is 7.68. The highest BCUT2D eigenvalue weighted by Crippen LogP contribution is 2.17. The first kappa shape index (κ1) is 16.3. The Morgan fingerprint density at radius 1 is 1.08 bits per heavy atom. The number of nitrogens with one attached hydrogen (secondary N) is 3. The van der Waals surface area contributed by atoms with E-state index in [9.17, 15) is 4.79 Å². The predicted octanol–water partition coefficient (Wildman–Crippen LogP) is 2.99. The highest BCUT2D eigenvalue weighted by Gasteiger charge is 2.11. The fraction of sp³-hybridized carbons (Fsp3) is 0.0526. The molecule has 6 nitrogen and oxygen atoms in total. The molecule has 126 valence electrons. The summed E-state index contributed by atoms with van der Waals surface area (Å²) in [5, 5.41) is 6.90. The number of methoxy groups -OCH3 is 1. The minimum Gasteiger partial charge on any atom is -0.497 e. The Bertz CT molecular complexity index is 870. The van der Waals surface area contributed by atoms with Crippen molar-refractivity contribution in [1.29, 1.82) is 0 Å². The van der Waals surface area contributed by atoms with Gasteiger partial charge in [-0.2, -0.15) is 5.10 Å². The molecule has 3 rings (SSSR count). The van der Waals surface area contributed by atoms with E-state index < -0.39 is 0 Å². The van der Waals surface area contributed by atoms with Crippen LogP contribution in [0.15, 0.2) is 67.2 Å². The number of hydrazine groups is 1. The van der Waals surface area contributed by atoms with Crippen LogP contribution in [0.1, 0.15) is 16.1 Å². The number of ether oxygens (including phenoxy) is 1. The molecule has 0 atom stereocenters. The SMILES string of the molecule is C=C(NNC(=O)c1cc(-c2ccccc2)n[nH]1)c1ccc(OC)cc1. The topological polar surface area (TPSA) is 79.0 Å².